The van der Waals surface area contributed by atoms with Gasteiger partial charge in [-0.05, 0) is 76.5 Å². The predicted octanol–water partition coefficient (Wildman–Crippen LogP) is 5.11. The van der Waals surface area contributed by atoms with Crippen molar-refractivity contribution in [2.24, 2.45) is 0 Å². The van der Waals surface area contributed by atoms with Gasteiger partial charge >= 0.3 is 12.1 Å². The molecular formula is C32H44N8O3. The Kier molecular flexibility index (Phi) is 8.41. The number of aromatic nitrogens is 2. The Morgan fingerprint density at radius 1 is 1.09 bits per heavy atom. The molecule has 1 aromatic heterocycles. The van der Waals surface area contributed by atoms with Gasteiger partial charge in [-0.3, -0.25) is 0 Å². The van der Waals surface area contributed by atoms with Crippen LogP contribution in [0.25, 0.3) is 0 Å². The number of ether oxygens (including phenoxy) is 1. The molecule has 0 aliphatic carbocycles. The number of carbonyl (C=O) groups is 2. The molecular weight excluding hydrogens is 544 g/mol. The van der Waals surface area contributed by atoms with Gasteiger partial charge in [0.05, 0.1) is 12.2 Å². The molecule has 3 saturated heterocycles. The number of rotatable bonds is 5. The molecule has 3 aliphatic heterocycles. The summed E-state index contributed by atoms with van der Waals surface area (Å²) < 4.78 is 5.56. The highest BCUT2D eigenvalue weighted by Crippen LogP contribution is 2.36. The van der Waals surface area contributed by atoms with Gasteiger partial charge in [-0.15, -0.1) is 0 Å². The average Bonchev–Trinajstić information content (AvgIpc) is 3.30. The zero-order valence-corrected chi connectivity index (χ0v) is 26.3. The maximum Gasteiger partial charge on any atom is 0.410 e. The molecule has 43 heavy (non-hydrogen) atoms. The molecule has 2 atom stereocenters. The number of carbonyl (C=O) groups excluding carboxylic acids is 2. The van der Waals surface area contributed by atoms with E-state index in [-0.39, 0.29) is 35.3 Å². The molecule has 0 radical (unpaired) electrons. The van der Waals surface area contributed by atoms with Gasteiger partial charge in [0.15, 0.2) is 11.5 Å². The van der Waals surface area contributed by atoms with Gasteiger partial charge in [0, 0.05) is 51.5 Å². The van der Waals surface area contributed by atoms with Gasteiger partial charge in [0.2, 0.25) is 0 Å². The van der Waals surface area contributed by atoms with E-state index in [1.165, 1.54) is 5.56 Å². The number of urea groups is 1. The van der Waals surface area contributed by atoms with Crippen LogP contribution >= 0.6 is 0 Å². The fourth-order valence-corrected chi connectivity index (χ4v) is 6.42. The molecule has 5 rings (SSSR count). The van der Waals surface area contributed by atoms with Crippen LogP contribution in [0, 0.1) is 11.3 Å². The van der Waals surface area contributed by atoms with Crippen molar-refractivity contribution < 1.29 is 14.3 Å². The van der Waals surface area contributed by atoms with Crippen LogP contribution in [0.15, 0.2) is 30.5 Å². The molecule has 11 heteroatoms. The minimum absolute atomic E-state index is 0.0545. The summed E-state index contributed by atoms with van der Waals surface area (Å²) >= 11 is 0. The average molecular weight is 589 g/mol. The van der Waals surface area contributed by atoms with E-state index in [0.29, 0.717) is 24.7 Å². The first kappa shape index (κ1) is 30.4. The Morgan fingerprint density at radius 3 is 2.40 bits per heavy atom. The van der Waals surface area contributed by atoms with E-state index < -0.39 is 5.60 Å². The molecule has 0 saturated carbocycles. The maximum atomic E-state index is 12.7. The third-order valence-corrected chi connectivity index (χ3v) is 9.12. The Morgan fingerprint density at radius 2 is 1.79 bits per heavy atom. The minimum Gasteiger partial charge on any atom is -0.444 e. The van der Waals surface area contributed by atoms with Crippen molar-refractivity contribution in [2.75, 3.05) is 50.0 Å². The Bertz CT molecular complexity index is 1370. The monoisotopic (exact) mass is 588 g/mol. The smallest absolute Gasteiger partial charge is 0.410 e. The Hall–Kier alpha value is -4.07. The fourth-order valence-electron chi connectivity index (χ4n) is 6.42. The van der Waals surface area contributed by atoms with Crippen molar-refractivity contribution in [3.05, 3.63) is 41.7 Å². The molecule has 0 bridgehead atoms. The summed E-state index contributed by atoms with van der Waals surface area (Å²) in [6.45, 7) is 13.6. The second-order valence-corrected chi connectivity index (χ2v) is 13.3. The topological polar surface area (TPSA) is 118 Å². The van der Waals surface area contributed by atoms with E-state index in [0.717, 1.165) is 51.0 Å². The third kappa shape index (κ3) is 6.48. The highest BCUT2D eigenvalue weighted by atomic mass is 16.6. The quantitative estimate of drug-likeness (QED) is 0.512. The molecule has 0 unspecified atom stereocenters. The van der Waals surface area contributed by atoms with Crippen LogP contribution in [0.1, 0.15) is 71.6 Å². The van der Waals surface area contributed by atoms with Crippen LogP contribution in [-0.2, 0) is 10.2 Å². The van der Waals surface area contributed by atoms with Gasteiger partial charge < -0.3 is 29.7 Å². The highest BCUT2D eigenvalue weighted by Gasteiger charge is 2.39. The van der Waals surface area contributed by atoms with E-state index >= 15 is 0 Å². The van der Waals surface area contributed by atoms with Crippen LogP contribution in [0.4, 0.5) is 26.9 Å². The lowest BCUT2D eigenvalue weighted by atomic mass is 9.74. The normalized spacial score (nSPS) is 22.4. The standard InChI is InChI=1S/C32H44N8O3/c1-22-26(40-19-18-37(6)29(40)41)8-7-15-39(22)27-21-34-25(20-33)28(36-27)35-24-11-9-23(10-12-24)32(5)13-16-38(17-14-32)30(42)43-31(2,3)4/h9-12,21-22,26H,7-8,13-19H2,1-6H3,(H,35,36)/t22-,26-/m1/s1. The number of hydrogen-bond acceptors (Lipinski definition) is 8. The number of piperidine rings is 2. The molecule has 1 aromatic carbocycles. The van der Waals surface area contributed by atoms with Gasteiger partial charge in [0.1, 0.15) is 17.5 Å². The van der Waals surface area contributed by atoms with E-state index in [1.54, 1.807) is 16.0 Å². The second kappa shape index (κ2) is 11.9. The zero-order valence-electron chi connectivity index (χ0n) is 26.3. The fraction of sp³-hybridized carbons (Fsp3) is 0.594. The zero-order chi connectivity index (χ0) is 30.9. The number of nitrogens with zero attached hydrogens (tertiary/aromatic N) is 7. The molecule has 0 spiro atoms. The lowest BCUT2D eigenvalue weighted by molar-refractivity contribution is 0.0172. The van der Waals surface area contributed by atoms with E-state index in [4.69, 9.17) is 9.72 Å². The van der Waals surface area contributed by atoms with E-state index in [2.05, 4.69) is 47.3 Å². The van der Waals surface area contributed by atoms with Crippen LogP contribution in [0.5, 0.6) is 0 Å². The van der Waals surface area contributed by atoms with Gasteiger partial charge in [0.25, 0.3) is 0 Å². The van der Waals surface area contributed by atoms with Crippen molar-refractivity contribution >= 4 is 29.4 Å². The van der Waals surface area contributed by atoms with E-state index in [9.17, 15) is 14.9 Å². The number of hydrogen-bond donors (Lipinski definition) is 1. The van der Waals surface area contributed by atoms with Crippen molar-refractivity contribution in [1.82, 2.24) is 24.7 Å². The number of benzene rings is 1. The molecule has 4 heterocycles. The van der Waals surface area contributed by atoms with Crippen molar-refractivity contribution in [1.29, 1.82) is 5.26 Å². The van der Waals surface area contributed by atoms with Crippen LogP contribution in [0.3, 0.4) is 0 Å². The largest absolute Gasteiger partial charge is 0.444 e. The summed E-state index contributed by atoms with van der Waals surface area (Å²) in [5.74, 6) is 1.11. The lowest BCUT2D eigenvalue weighted by Crippen LogP contribution is -2.55. The van der Waals surface area contributed by atoms with Crippen molar-refractivity contribution in [2.45, 2.75) is 83.4 Å². The van der Waals surface area contributed by atoms with Crippen molar-refractivity contribution in [3.8, 4) is 6.07 Å². The number of amides is 3. The Balaban J connectivity index is 1.27. The lowest BCUT2D eigenvalue weighted by Gasteiger charge is -2.43. The molecule has 2 aromatic rings. The minimum atomic E-state index is -0.504. The highest BCUT2D eigenvalue weighted by molar-refractivity contribution is 5.76. The number of anilines is 3. The number of nitrogens with one attached hydrogen (secondary N) is 1. The summed E-state index contributed by atoms with van der Waals surface area (Å²) in [6, 6.07) is 10.6. The first-order valence-corrected chi connectivity index (χ1v) is 15.3. The van der Waals surface area contributed by atoms with Crippen LogP contribution in [0.2, 0.25) is 0 Å². The summed E-state index contributed by atoms with van der Waals surface area (Å²) in [6.07, 6.45) is 5.00. The van der Waals surface area contributed by atoms with Crippen LogP contribution < -0.4 is 10.2 Å². The number of likely N-dealkylation sites (tertiary alicyclic amines) is 1. The molecule has 3 fully saturated rings. The maximum absolute atomic E-state index is 12.7. The predicted molar refractivity (Wildman–Crippen MR) is 165 cm³/mol. The first-order chi connectivity index (χ1) is 20.4. The summed E-state index contributed by atoms with van der Waals surface area (Å²) in [5.41, 5.74) is 1.69. The van der Waals surface area contributed by atoms with E-state index in [1.807, 2.05) is 44.9 Å². The Labute approximate surface area is 254 Å². The van der Waals surface area contributed by atoms with Crippen molar-refractivity contribution in [3.63, 3.8) is 0 Å². The summed E-state index contributed by atoms with van der Waals surface area (Å²) in [5, 5.41) is 13.1. The van der Waals surface area contributed by atoms with Gasteiger partial charge in [-0.1, -0.05) is 19.1 Å². The first-order valence-electron chi connectivity index (χ1n) is 15.3. The molecule has 3 aliphatic rings. The molecule has 1 N–H and O–H groups in total. The third-order valence-electron chi connectivity index (χ3n) is 9.12. The summed E-state index contributed by atoms with van der Waals surface area (Å²) in [4.78, 5) is 42.3. The second-order valence-electron chi connectivity index (χ2n) is 13.3. The molecule has 11 nitrogen and oxygen atoms in total. The van der Waals surface area contributed by atoms with Gasteiger partial charge in [-0.2, -0.15) is 5.26 Å². The molecule has 3 amide bonds. The number of likely N-dealkylation sites (N-methyl/N-ethyl adjacent to an activating group) is 1. The van der Waals surface area contributed by atoms with Crippen LogP contribution in [-0.4, -0.2) is 94.2 Å². The van der Waals surface area contributed by atoms with Gasteiger partial charge in [-0.25, -0.2) is 19.6 Å². The summed E-state index contributed by atoms with van der Waals surface area (Å²) in [7, 11) is 1.85. The SMILES string of the molecule is C[C@@H]1[C@H](N2CCN(C)C2=O)CCCN1c1cnc(C#N)c(Nc2ccc(C3(C)CCN(C(=O)OC(C)(C)C)CC3)cc2)n1. The molecule has 230 valence electrons. The number of nitriles is 1.